The van der Waals surface area contributed by atoms with Crippen LogP contribution < -0.4 is 0 Å². The molecule has 0 amide bonds. The lowest BCUT2D eigenvalue weighted by atomic mass is 11.3. The van der Waals surface area contributed by atoms with E-state index in [0.717, 1.165) is 0 Å². The van der Waals surface area contributed by atoms with E-state index in [2.05, 4.69) is 13.2 Å². The van der Waals surface area contributed by atoms with Crippen LogP contribution in [0.15, 0.2) is 13.2 Å². The van der Waals surface area contributed by atoms with Crippen LogP contribution in [0.5, 0.6) is 0 Å². The van der Waals surface area contributed by atoms with Crippen LogP contribution in [-0.2, 0) is 0 Å². The van der Waals surface area contributed by atoms with Crippen molar-refractivity contribution in [2.75, 3.05) is 0 Å². The Morgan fingerprint density at radius 2 is 1.60 bits per heavy atom. The second-order valence-electron chi connectivity index (χ2n) is 0.316. The van der Waals surface area contributed by atoms with Crippen LogP contribution in [0.25, 0.3) is 0 Å². The molecule has 0 aliphatic heterocycles. The van der Waals surface area contributed by atoms with Gasteiger partial charge in [-0.3, -0.25) is 0 Å². The van der Waals surface area contributed by atoms with Crippen LogP contribution in [0.4, 0.5) is 0 Å². The maximum Gasteiger partial charge on any atom is 0.153 e. The molecule has 0 aliphatic carbocycles. The molecule has 0 aliphatic rings. The van der Waals surface area contributed by atoms with E-state index in [-0.39, 0.29) is 0 Å². The summed E-state index contributed by atoms with van der Waals surface area (Å²) in [5.74, 6) is 0. The van der Waals surface area contributed by atoms with E-state index in [1.54, 1.807) is 0 Å². The van der Waals surface area contributed by atoms with Gasteiger partial charge < -0.3 is 4.80 Å². The van der Waals surface area contributed by atoms with Gasteiger partial charge >= 0.3 is 0 Å². The van der Waals surface area contributed by atoms with Gasteiger partial charge in [-0.15, -0.1) is 13.2 Å². The highest BCUT2D eigenvalue weighted by atomic mass is 28.2. The monoisotopic (exact) mass is 90.1 g/mol. The normalized spacial score (nSPS) is 6.80. The Morgan fingerprint density at radius 1 is 1.60 bits per heavy atom. The Hall–Kier alpha value is -0.0831. The smallest absolute Gasteiger partial charge is 0.153 e. The first-order valence-electron chi connectivity index (χ1n) is 1.52. The first-order chi connectivity index (χ1) is 2.41. The van der Waals surface area contributed by atoms with Gasteiger partial charge in [-0.2, -0.15) is 0 Å². The summed E-state index contributed by atoms with van der Waals surface area (Å²) in [5.41, 5.74) is 0. The van der Waals surface area contributed by atoms with Crippen molar-refractivity contribution < 1.29 is 4.80 Å². The zero-order chi connectivity index (χ0) is 4.71. The lowest BCUT2D eigenvalue weighted by molar-refractivity contribution is 0.610. The second-order valence-corrected chi connectivity index (χ2v) is 0.949. The van der Waals surface area contributed by atoms with Crippen molar-refractivity contribution in [1.29, 1.82) is 0 Å². The van der Waals surface area contributed by atoms with Crippen molar-refractivity contribution in [3.05, 3.63) is 13.2 Å². The molecule has 0 saturated heterocycles. The van der Waals surface area contributed by atoms with E-state index in [4.69, 9.17) is 4.80 Å². The predicted octanol–water partition coefficient (Wildman–Crippen LogP) is -0.0872. The summed E-state index contributed by atoms with van der Waals surface area (Å²) in [4.78, 5) is 7.71. The van der Waals surface area contributed by atoms with Gasteiger partial charge in [0.15, 0.2) is 9.76 Å². The van der Waals surface area contributed by atoms with Crippen LogP contribution in [0.3, 0.4) is 0 Å². The minimum atomic E-state index is -0.583. The Morgan fingerprint density at radius 3 is 1.60 bits per heavy atom. The molecule has 0 atom stereocenters. The van der Waals surface area contributed by atoms with Crippen LogP contribution in [-0.4, -0.2) is 14.6 Å². The summed E-state index contributed by atoms with van der Waals surface area (Å²) in [5, 5.41) is 0. The van der Waals surface area contributed by atoms with Gasteiger partial charge in [0.1, 0.15) is 0 Å². The maximum absolute atomic E-state index is 7.71. The minimum Gasteiger partial charge on any atom is -0.438 e. The summed E-state index contributed by atoms with van der Waals surface area (Å²) in [6.07, 6.45) is 0. The van der Waals surface area contributed by atoms with E-state index in [0.29, 0.717) is 0 Å². The molecule has 0 aromatic rings. The largest absolute Gasteiger partial charge is 0.438 e. The molecular weight excluding hydrogens is 80.1 g/mol. The van der Waals surface area contributed by atoms with Crippen molar-refractivity contribution in [1.82, 2.24) is 0 Å². The fraction of sp³-hybridized carbons (Fsp3) is 0.333. The van der Waals surface area contributed by atoms with Crippen molar-refractivity contribution in [2.24, 2.45) is 0 Å². The van der Waals surface area contributed by atoms with Gasteiger partial charge in [0.25, 0.3) is 0 Å². The van der Waals surface area contributed by atoms with Gasteiger partial charge in [0.05, 0.1) is 0 Å². The van der Waals surface area contributed by atoms with Crippen LogP contribution >= 0.6 is 0 Å². The van der Waals surface area contributed by atoms with E-state index in [1.807, 2.05) is 6.55 Å². The maximum atomic E-state index is 7.71. The SMILES string of the molecule is C=C.C[SiH2]O. The molecule has 0 fully saturated rings. The lowest BCUT2D eigenvalue weighted by Crippen LogP contribution is -1.65. The van der Waals surface area contributed by atoms with E-state index in [9.17, 15) is 0 Å². The molecule has 0 heterocycles. The third kappa shape index (κ3) is 2080. The molecule has 32 valence electrons. The Labute approximate surface area is 35.3 Å². The fourth-order valence-electron chi connectivity index (χ4n) is 0. The molecule has 0 rings (SSSR count). The molecule has 0 saturated carbocycles. The fourth-order valence-corrected chi connectivity index (χ4v) is 0. The molecule has 0 unspecified atom stereocenters. The van der Waals surface area contributed by atoms with Gasteiger partial charge in [0, 0.05) is 0 Å². The third-order valence-electron chi connectivity index (χ3n) is 0. The molecule has 0 aromatic heterocycles. The quantitative estimate of drug-likeness (QED) is 0.325. The summed E-state index contributed by atoms with van der Waals surface area (Å²) in [6.45, 7) is 7.82. The van der Waals surface area contributed by atoms with Crippen molar-refractivity contribution in [3.63, 3.8) is 0 Å². The standard InChI is InChI=1S/C2H4.CH6OSi/c1-2;1-3-2/h1-2H2;2H,3H2,1H3. The Kier molecular flexibility index (Phi) is 70.3. The molecule has 1 N–H and O–H groups in total. The topological polar surface area (TPSA) is 20.2 Å². The number of hydrogen-bond donors (Lipinski definition) is 1. The minimum absolute atomic E-state index is 0.583. The highest BCUT2D eigenvalue weighted by Gasteiger charge is 1.39. The number of hydrogen-bond acceptors (Lipinski definition) is 1. The lowest BCUT2D eigenvalue weighted by Gasteiger charge is -1.49. The van der Waals surface area contributed by atoms with Crippen molar-refractivity contribution in [3.8, 4) is 0 Å². The first-order valence-corrected chi connectivity index (χ1v) is 3.57. The molecule has 0 bridgehead atoms. The average Bonchev–Trinajstić information content (AvgIpc) is 1.46. The molecule has 0 radical (unpaired) electrons. The average molecular weight is 90.2 g/mol. The molecule has 5 heavy (non-hydrogen) atoms. The second kappa shape index (κ2) is 39.6. The van der Waals surface area contributed by atoms with Gasteiger partial charge in [-0.1, -0.05) is 6.55 Å². The summed E-state index contributed by atoms with van der Waals surface area (Å²) < 4.78 is 0. The summed E-state index contributed by atoms with van der Waals surface area (Å²) >= 11 is 0. The van der Waals surface area contributed by atoms with E-state index < -0.39 is 9.76 Å². The highest BCUT2D eigenvalue weighted by Crippen LogP contribution is 1.24. The zero-order valence-electron chi connectivity index (χ0n) is 3.57. The van der Waals surface area contributed by atoms with E-state index in [1.165, 1.54) is 0 Å². The predicted molar refractivity (Wildman–Crippen MR) is 27.9 cm³/mol. The molecule has 1 nitrogen and oxygen atoms in total. The number of rotatable bonds is 0. The Bertz CT molecular complexity index is 10.9. The van der Waals surface area contributed by atoms with Gasteiger partial charge in [0.2, 0.25) is 0 Å². The highest BCUT2D eigenvalue weighted by molar-refractivity contribution is 6.22. The van der Waals surface area contributed by atoms with Crippen LogP contribution in [0, 0.1) is 0 Å². The molecule has 0 spiro atoms. The summed E-state index contributed by atoms with van der Waals surface area (Å²) in [7, 11) is -0.583. The van der Waals surface area contributed by atoms with Crippen LogP contribution in [0.1, 0.15) is 0 Å². The molecule has 2 heteroatoms. The zero-order valence-corrected chi connectivity index (χ0v) is 4.98. The first kappa shape index (κ1) is 8.87. The van der Waals surface area contributed by atoms with Gasteiger partial charge in [-0.05, 0) is 0 Å². The third-order valence-corrected chi connectivity index (χ3v) is 0. The van der Waals surface area contributed by atoms with Crippen molar-refractivity contribution >= 4 is 9.76 Å². The van der Waals surface area contributed by atoms with Crippen molar-refractivity contribution in [2.45, 2.75) is 6.55 Å². The van der Waals surface area contributed by atoms with Gasteiger partial charge in [-0.25, -0.2) is 0 Å². The van der Waals surface area contributed by atoms with Crippen LogP contribution in [0.2, 0.25) is 6.55 Å². The van der Waals surface area contributed by atoms with E-state index >= 15 is 0 Å². The molecular formula is C3H10OSi. The Balaban J connectivity index is 0. The summed E-state index contributed by atoms with van der Waals surface area (Å²) in [6, 6.07) is 0. The molecule has 0 aromatic carbocycles.